The molecule has 0 N–H and O–H groups in total. The van der Waals surface area contributed by atoms with Crippen molar-refractivity contribution in [1.29, 1.82) is 0 Å². The molecule has 0 fully saturated rings. The van der Waals surface area contributed by atoms with E-state index in [2.05, 4.69) is 15.2 Å². The first-order chi connectivity index (χ1) is 8.24. The molecule has 0 atom stereocenters. The van der Waals surface area contributed by atoms with Gasteiger partial charge in [-0.05, 0) is 31.2 Å². The molecule has 0 aliphatic heterocycles. The van der Waals surface area contributed by atoms with Crippen molar-refractivity contribution in [2.75, 3.05) is 14.2 Å². The lowest BCUT2D eigenvalue weighted by Crippen LogP contribution is -2.00. The molecule has 88 valence electrons. The molecule has 0 saturated heterocycles. The molecule has 2 rings (SSSR count). The molecule has 0 aliphatic rings. The Morgan fingerprint density at radius 1 is 0.941 bits per heavy atom. The molecular weight excluding hydrogens is 218 g/mol. The highest BCUT2D eigenvalue weighted by molar-refractivity contribution is 5.64. The number of rotatable bonds is 3. The fourth-order valence-electron chi connectivity index (χ4n) is 1.46. The van der Waals surface area contributed by atoms with E-state index in [4.69, 9.17) is 9.47 Å². The largest absolute Gasteiger partial charge is 0.497 e. The first-order valence-corrected chi connectivity index (χ1v) is 5.14. The summed E-state index contributed by atoms with van der Waals surface area (Å²) >= 11 is 0. The quantitative estimate of drug-likeness (QED) is 0.807. The van der Waals surface area contributed by atoms with Gasteiger partial charge in [0.15, 0.2) is 11.5 Å². The molecule has 1 aromatic carbocycles. The van der Waals surface area contributed by atoms with Crippen LogP contribution in [-0.2, 0) is 0 Å². The lowest BCUT2D eigenvalue weighted by molar-refractivity contribution is 0.394. The van der Waals surface area contributed by atoms with E-state index in [1.54, 1.807) is 21.1 Å². The Bertz CT molecular complexity index is 512. The Balaban J connectivity index is 2.44. The molecular formula is C12H13N3O2. The molecule has 1 aromatic heterocycles. The van der Waals surface area contributed by atoms with Crippen molar-refractivity contribution in [2.24, 2.45) is 0 Å². The highest BCUT2D eigenvalue weighted by atomic mass is 16.5. The minimum atomic E-state index is 0.475. The van der Waals surface area contributed by atoms with Crippen molar-refractivity contribution in [2.45, 2.75) is 6.92 Å². The first kappa shape index (κ1) is 11.3. The summed E-state index contributed by atoms with van der Waals surface area (Å²) in [5, 5.41) is 8.03. The van der Waals surface area contributed by atoms with Crippen LogP contribution in [0.25, 0.3) is 11.3 Å². The fourth-order valence-corrected chi connectivity index (χ4v) is 1.46. The van der Waals surface area contributed by atoms with Gasteiger partial charge in [0.25, 0.3) is 0 Å². The van der Waals surface area contributed by atoms with Gasteiger partial charge < -0.3 is 9.47 Å². The molecule has 5 nitrogen and oxygen atoms in total. The molecule has 0 bridgehead atoms. The van der Waals surface area contributed by atoms with E-state index in [1.165, 1.54) is 0 Å². The average molecular weight is 231 g/mol. The standard InChI is InChI=1S/C12H13N3O2/c1-8-13-12(17-3)11(15-14-8)9-4-6-10(16-2)7-5-9/h4-7H,1-3H3. The van der Waals surface area contributed by atoms with Crippen LogP contribution in [-0.4, -0.2) is 29.4 Å². The summed E-state index contributed by atoms with van der Waals surface area (Å²) in [7, 11) is 3.19. The summed E-state index contributed by atoms with van der Waals surface area (Å²) < 4.78 is 10.3. The van der Waals surface area contributed by atoms with Gasteiger partial charge in [0.05, 0.1) is 14.2 Å². The summed E-state index contributed by atoms with van der Waals surface area (Å²) in [6.45, 7) is 1.77. The third-order valence-corrected chi connectivity index (χ3v) is 2.32. The van der Waals surface area contributed by atoms with Gasteiger partial charge in [-0.3, -0.25) is 0 Å². The molecule has 0 radical (unpaired) electrons. The van der Waals surface area contributed by atoms with Crippen molar-refractivity contribution in [3.8, 4) is 22.9 Å². The highest BCUT2D eigenvalue weighted by Gasteiger charge is 2.10. The van der Waals surface area contributed by atoms with E-state index in [0.29, 0.717) is 17.4 Å². The van der Waals surface area contributed by atoms with Crippen LogP contribution in [0.15, 0.2) is 24.3 Å². The minimum absolute atomic E-state index is 0.475. The maximum atomic E-state index is 5.19. The second-order valence-corrected chi connectivity index (χ2v) is 3.45. The normalized spacial score (nSPS) is 10.1. The van der Waals surface area contributed by atoms with Crippen LogP contribution >= 0.6 is 0 Å². The number of nitrogens with zero attached hydrogens (tertiary/aromatic N) is 3. The second-order valence-electron chi connectivity index (χ2n) is 3.45. The Morgan fingerprint density at radius 3 is 2.24 bits per heavy atom. The van der Waals surface area contributed by atoms with E-state index < -0.39 is 0 Å². The number of hydrogen-bond acceptors (Lipinski definition) is 5. The molecule has 1 heterocycles. The van der Waals surface area contributed by atoms with Crippen LogP contribution in [0.3, 0.4) is 0 Å². The summed E-state index contributed by atoms with van der Waals surface area (Å²) in [5.41, 5.74) is 1.52. The summed E-state index contributed by atoms with van der Waals surface area (Å²) in [5.74, 6) is 1.85. The third kappa shape index (κ3) is 2.33. The topological polar surface area (TPSA) is 57.1 Å². The van der Waals surface area contributed by atoms with E-state index >= 15 is 0 Å². The lowest BCUT2D eigenvalue weighted by atomic mass is 10.1. The molecule has 5 heteroatoms. The maximum absolute atomic E-state index is 5.19. The van der Waals surface area contributed by atoms with E-state index in [-0.39, 0.29) is 0 Å². The van der Waals surface area contributed by atoms with Crippen molar-refractivity contribution >= 4 is 0 Å². The Morgan fingerprint density at radius 2 is 1.65 bits per heavy atom. The predicted molar refractivity (Wildman–Crippen MR) is 63.1 cm³/mol. The van der Waals surface area contributed by atoms with Crippen molar-refractivity contribution in [3.05, 3.63) is 30.1 Å². The van der Waals surface area contributed by atoms with Crippen molar-refractivity contribution in [1.82, 2.24) is 15.2 Å². The van der Waals surface area contributed by atoms with Crippen molar-refractivity contribution < 1.29 is 9.47 Å². The summed E-state index contributed by atoms with van der Waals surface area (Å²) in [6, 6.07) is 7.50. The summed E-state index contributed by atoms with van der Waals surface area (Å²) in [4.78, 5) is 4.18. The molecule has 0 aliphatic carbocycles. The smallest absolute Gasteiger partial charge is 0.244 e. The number of methoxy groups -OCH3 is 2. The molecule has 0 amide bonds. The van der Waals surface area contributed by atoms with Gasteiger partial charge in [-0.15, -0.1) is 10.2 Å². The zero-order valence-corrected chi connectivity index (χ0v) is 9.97. The monoisotopic (exact) mass is 231 g/mol. The third-order valence-electron chi connectivity index (χ3n) is 2.32. The Hall–Kier alpha value is -2.17. The fraction of sp³-hybridized carbons (Fsp3) is 0.250. The van der Waals surface area contributed by atoms with Gasteiger partial charge in [-0.2, -0.15) is 4.98 Å². The zero-order chi connectivity index (χ0) is 12.3. The Kier molecular flexibility index (Phi) is 3.18. The van der Waals surface area contributed by atoms with Crippen molar-refractivity contribution in [3.63, 3.8) is 0 Å². The van der Waals surface area contributed by atoms with Gasteiger partial charge in [-0.1, -0.05) is 0 Å². The minimum Gasteiger partial charge on any atom is -0.497 e. The molecule has 17 heavy (non-hydrogen) atoms. The zero-order valence-electron chi connectivity index (χ0n) is 9.97. The van der Waals surface area contributed by atoms with E-state index in [0.717, 1.165) is 11.3 Å². The van der Waals surface area contributed by atoms with Gasteiger partial charge in [-0.25, -0.2) is 0 Å². The number of hydrogen-bond donors (Lipinski definition) is 0. The second kappa shape index (κ2) is 4.78. The molecule has 0 spiro atoms. The van der Waals surface area contributed by atoms with Crippen LogP contribution in [0, 0.1) is 6.92 Å². The van der Waals surface area contributed by atoms with Gasteiger partial charge in [0.2, 0.25) is 5.88 Å². The van der Waals surface area contributed by atoms with Crippen LogP contribution in [0.4, 0.5) is 0 Å². The van der Waals surface area contributed by atoms with Crippen LogP contribution in [0.1, 0.15) is 5.82 Å². The van der Waals surface area contributed by atoms with Gasteiger partial charge in [0.1, 0.15) is 5.75 Å². The van der Waals surface area contributed by atoms with Gasteiger partial charge >= 0.3 is 0 Å². The predicted octanol–water partition coefficient (Wildman–Crippen LogP) is 1.86. The molecule has 2 aromatic rings. The number of aromatic nitrogens is 3. The summed E-state index contributed by atoms with van der Waals surface area (Å²) in [6.07, 6.45) is 0. The molecule has 0 unspecified atom stereocenters. The Labute approximate surface area is 99.4 Å². The number of ether oxygens (including phenoxy) is 2. The highest BCUT2D eigenvalue weighted by Crippen LogP contribution is 2.26. The van der Waals surface area contributed by atoms with E-state index in [9.17, 15) is 0 Å². The van der Waals surface area contributed by atoms with Crippen LogP contribution in [0.2, 0.25) is 0 Å². The van der Waals surface area contributed by atoms with Crippen LogP contribution in [0.5, 0.6) is 11.6 Å². The first-order valence-electron chi connectivity index (χ1n) is 5.14. The van der Waals surface area contributed by atoms with E-state index in [1.807, 2.05) is 24.3 Å². The van der Waals surface area contributed by atoms with Crippen LogP contribution < -0.4 is 9.47 Å². The van der Waals surface area contributed by atoms with Gasteiger partial charge in [0, 0.05) is 5.56 Å². The maximum Gasteiger partial charge on any atom is 0.244 e. The average Bonchev–Trinajstić information content (AvgIpc) is 2.39. The number of benzene rings is 1. The SMILES string of the molecule is COc1ccc(-c2nnc(C)nc2OC)cc1. The number of aryl methyl sites for hydroxylation is 1. The lowest BCUT2D eigenvalue weighted by Gasteiger charge is -2.06. The molecule has 0 saturated carbocycles.